The van der Waals surface area contributed by atoms with Crippen molar-refractivity contribution in [1.82, 2.24) is 31.3 Å². The first-order chi connectivity index (χ1) is 28.7. The van der Waals surface area contributed by atoms with E-state index in [0.717, 1.165) is 23.8 Å². The Bertz CT molecular complexity index is 2500. The minimum Gasteiger partial charge on any atom is -0.381 e. The van der Waals surface area contributed by atoms with Crippen molar-refractivity contribution < 1.29 is 47.3 Å². The van der Waals surface area contributed by atoms with Crippen LogP contribution in [0.4, 0.5) is 31.5 Å². The number of aliphatic hydroxyl groups is 1. The van der Waals surface area contributed by atoms with E-state index in [1.54, 1.807) is 13.8 Å². The van der Waals surface area contributed by atoms with Crippen LogP contribution in [0.5, 0.6) is 0 Å². The summed E-state index contributed by atoms with van der Waals surface area (Å²) in [6.07, 6.45) is -2.19. The number of non-ortho nitro benzene ring substituents is 2. The normalized spacial score (nSPS) is 13.1. The number of halogens is 2. The lowest BCUT2D eigenvalue weighted by Gasteiger charge is -2.29. The van der Waals surface area contributed by atoms with Gasteiger partial charge in [-0.3, -0.25) is 29.8 Å². The molecule has 2 amide bonds. The van der Waals surface area contributed by atoms with Gasteiger partial charge in [0, 0.05) is 37.7 Å². The van der Waals surface area contributed by atoms with E-state index in [-0.39, 0.29) is 89.5 Å². The standard InChI is InChI=1S/C38H38F2N10O10/c1-38(2,19-41-31(51)16-24(15-22-14-23(39)8-9-25(22)40)43-26-10-12-29(49(54)55)34-32(26)45-59-47-34)20-42-37(53)36(52)28(18-58-17-21-6-4-3-5-7-21)44-27-11-13-30(50(56)57)35-33(27)46-60-48-35/h3-14,24,28,36,43-44,52H,15-20H2,1-2H3,(H,41,51)(H,42,53)/t24-,28-,36+/m1/s1. The van der Waals surface area contributed by atoms with Gasteiger partial charge in [-0.1, -0.05) is 44.2 Å². The van der Waals surface area contributed by atoms with E-state index in [1.165, 1.54) is 24.3 Å². The summed E-state index contributed by atoms with van der Waals surface area (Å²) in [5.41, 5.74) is -0.669. The van der Waals surface area contributed by atoms with Gasteiger partial charge >= 0.3 is 11.4 Å². The minimum absolute atomic E-state index is 0.00331. The molecule has 20 nitrogen and oxygen atoms in total. The lowest BCUT2D eigenvalue weighted by molar-refractivity contribution is -0.383. The summed E-state index contributed by atoms with van der Waals surface area (Å²) in [5, 5.41) is 60.5. The molecule has 6 aromatic rings. The van der Waals surface area contributed by atoms with Gasteiger partial charge in [0.25, 0.3) is 5.91 Å². The Morgan fingerprint density at radius 3 is 2.02 bits per heavy atom. The van der Waals surface area contributed by atoms with Crippen LogP contribution in [0, 0.1) is 37.3 Å². The second-order valence-corrected chi connectivity index (χ2v) is 14.5. The number of aliphatic hydroxyl groups excluding tert-OH is 1. The van der Waals surface area contributed by atoms with E-state index in [0.29, 0.717) is 0 Å². The van der Waals surface area contributed by atoms with Crippen molar-refractivity contribution in [2.45, 2.75) is 51.5 Å². The van der Waals surface area contributed by atoms with Crippen molar-refractivity contribution in [2.24, 2.45) is 5.41 Å². The molecule has 2 heterocycles. The van der Waals surface area contributed by atoms with E-state index in [9.17, 15) is 43.7 Å². The summed E-state index contributed by atoms with van der Waals surface area (Å²) in [4.78, 5) is 48.5. The molecule has 0 aliphatic rings. The number of nitro groups is 2. The molecule has 0 spiro atoms. The first kappa shape index (κ1) is 42.4. The highest BCUT2D eigenvalue weighted by atomic mass is 19.1. The van der Waals surface area contributed by atoms with Gasteiger partial charge in [0.2, 0.25) is 16.9 Å². The molecule has 4 aromatic carbocycles. The molecule has 0 unspecified atom stereocenters. The zero-order chi connectivity index (χ0) is 43.0. The molecule has 5 N–H and O–H groups in total. The molecule has 0 saturated carbocycles. The number of aromatic nitrogens is 4. The Balaban J connectivity index is 1.10. The average molecular weight is 833 g/mol. The number of fused-ring (bicyclic) bond motifs is 2. The first-order valence-corrected chi connectivity index (χ1v) is 18.3. The molecule has 22 heteroatoms. The average Bonchev–Trinajstić information content (AvgIpc) is 3.92. The summed E-state index contributed by atoms with van der Waals surface area (Å²) in [5.74, 6) is -2.72. The minimum atomic E-state index is -1.72. The van der Waals surface area contributed by atoms with Crippen LogP contribution in [0.3, 0.4) is 0 Å². The van der Waals surface area contributed by atoms with E-state index >= 15 is 0 Å². The van der Waals surface area contributed by atoms with Crippen molar-refractivity contribution in [2.75, 3.05) is 30.3 Å². The largest absolute Gasteiger partial charge is 0.381 e. The van der Waals surface area contributed by atoms with Crippen LogP contribution < -0.4 is 21.3 Å². The van der Waals surface area contributed by atoms with Gasteiger partial charge in [-0.05, 0) is 73.9 Å². The fourth-order valence-electron chi connectivity index (χ4n) is 6.19. The van der Waals surface area contributed by atoms with Crippen molar-refractivity contribution in [1.29, 1.82) is 0 Å². The maximum Gasteiger partial charge on any atom is 0.300 e. The summed E-state index contributed by atoms with van der Waals surface area (Å²) < 4.78 is 44.1. The summed E-state index contributed by atoms with van der Waals surface area (Å²) in [6.45, 7) is 3.41. The van der Waals surface area contributed by atoms with E-state index in [2.05, 4.69) is 41.9 Å². The number of nitrogens with one attached hydrogen (secondary N) is 4. The maximum atomic E-state index is 14.7. The number of benzene rings is 4. The fraction of sp³-hybridized carbons (Fsp3) is 0.316. The van der Waals surface area contributed by atoms with Crippen LogP contribution in [0.25, 0.3) is 22.1 Å². The Morgan fingerprint density at radius 1 is 0.817 bits per heavy atom. The number of hydrogen-bond donors (Lipinski definition) is 5. The van der Waals surface area contributed by atoms with Crippen molar-refractivity contribution >= 4 is 56.6 Å². The number of carbonyl (C=O) groups excluding carboxylic acids is 2. The number of ether oxygens (including phenoxy) is 1. The van der Waals surface area contributed by atoms with Crippen LogP contribution in [0.1, 0.15) is 31.4 Å². The smallest absolute Gasteiger partial charge is 0.300 e. The molecule has 2 aromatic heterocycles. The summed E-state index contributed by atoms with van der Waals surface area (Å²) in [6, 6.07) is 15.1. The SMILES string of the molecule is CC(C)(CNC(=O)C[C@@H](Cc1cc(F)ccc1F)Nc1ccc([N+](=O)[O-])c2nonc12)CNC(=O)[C@@H](O)[C@@H](COCc1ccccc1)Nc1ccc([N+](=O)[O-])c2nonc12. The number of carbonyl (C=O) groups is 2. The Labute approximate surface area is 337 Å². The van der Waals surface area contributed by atoms with Crippen LogP contribution >= 0.6 is 0 Å². The molecule has 6 rings (SSSR count). The molecular formula is C38H38F2N10O10. The second-order valence-electron chi connectivity index (χ2n) is 14.5. The number of hydrogen-bond acceptors (Lipinski definition) is 16. The van der Waals surface area contributed by atoms with Gasteiger partial charge in [0.1, 0.15) is 11.6 Å². The number of rotatable bonds is 20. The van der Waals surface area contributed by atoms with Gasteiger partial charge in [-0.25, -0.2) is 18.0 Å². The number of nitro benzene ring substituents is 2. The molecule has 0 radical (unpaired) electrons. The van der Waals surface area contributed by atoms with Crippen LogP contribution in [0.2, 0.25) is 0 Å². The number of amides is 2. The fourth-order valence-corrected chi connectivity index (χ4v) is 6.19. The highest BCUT2D eigenvalue weighted by Crippen LogP contribution is 2.31. The molecule has 0 fully saturated rings. The Hall–Kier alpha value is -7.20. The van der Waals surface area contributed by atoms with Gasteiger partial charge < -0.3 is 31.1 Å². The Morgan fingerprint density at radius 2 is 1.40 bits per heavy atom. The van der Waals surface area contributed by atoms with E-state index in [4.69, 9.17) is 14.0 Å². The third kappa shape index (κ3) is 10.5. The molecule has 0 saturated heterocycles. The van der Waals surface area contributed by atoms with E-state index in [1.807, 2.05) is 30.3 Å². The highest BCUT2D eigenvalue weighted by Gasteiger charge is 2.31. The monoisotopic (exact) mass is 832 g/mol. The maximum absolute atomic E-state index is 14.7. The highest BCUT2D eigenvalue weighted by molar-refractivity contribution is 5.94. The second kappa shape index (κ2) is 18.6. The van der Waals surface area contributed by atoms with Crippen LogP contribution in [-0.2, 0) is 27.4 Å². The lowest BCUT2D eigenvalue weighted by atomic mass is 9.93. The quantitative estimate of drug-likeness (QED) is 0.0520. The third-order valence-corrected chi connectivity index (χ3v) is 9.35. The topological polar surface area (TPSA) is 276 Å². The van der Waals surface area contributed by atoms with Gasteiger partial charge in [-0.15, -0.1) is 0 Å². The third-order valence-electron chi connectivity index (χ3n) is 9.35. The van der Waals surface area contributed by atoms with Crippen molar-refractivity contribution in [3.63, 3.8) is 0 Å². The van der Waals surface area contributed by atoms with Crippen LogP contribution in [-0.4, -0.2) is 85.3 Å². The lowest BCUT2D eigenvalue weighted by Crippen LogP contribution is -2.50. The molecule has 314 valence electrons. The van der Waals surface area contributed by atoms with E-state index < -0.39 is 56.9 Å². The summed E-state index contributed by atoms with van der Waals surface area (Å²) >= 11 is 0. The number of nitrogens with zero attached hydrogens (tertiary/aromatic N) is 6. The zero-order valence-corrected chi connectivity index (χ0v) is 32.0. The predicted octanol–water partition coefficient (Wildman–Crippen LogP) is 4.58. The van der Waals surface area contributed by atoms with Gasteiger partial charge in [-0.2, -0.15) is 0 Å². The van der Waals surface area contributed by atoms with Crippen molar-refractivity contribution in [3.8, 4) is 0 Å². The Kier molecular flexibility index (Phi) is 13.1. The van der Waals surface area contributed by atoms with Crippen LogP contribution in [0.15, 0.2) is 82.1 Å². The molecule has 3 atom stereocenters. The summed E-state index contributed by atoms with van der Waals surface area (Å²) in [7, 11) is 0. The van der Waals surface area contributed by atoms with Gasteiger partial charge in [0.15, 0.2) is 17.1 Å². The molecule has 0 aliphatic heterocycles. The molecule has 0 bridgehead atoms. The first-order valence-electron chi connectivity index (χ1n) is 18.3. The van der Waals surface area contributed by atoms with Crippen molar-refractivity contribution in [3.05, 3.63) is 116 Å². The predicted molar refractivity (Wildman–Crippen MR) is 208 cm³/mol. The molecular weight excluding hydrogens is 794 g/mol. The molecule has 0 aliphatic carbocycles. The van der Waals surface area contributed by atoms with Gasteiger partial charge in [0.05, 0.1) is 40.5 Å². The zero-order valence-electron chi connectivity index (χ0n) is 32.0. The molecule has 60 heavy (non-hydrogen) atoms. The number of anilines is 2.